The van der Waals surface area contributed by atoms with Gasteiger partial charge in [0.15, 0.2) is 11.6 Å². The monoisotopic (exact) mass is 283 g/mol. The lowest BCUT2D eigenvalue weighted by molar-refractivity contribution is -0.146. The van der Waals surface area contributed by atoms with Gasteiger partial charge in [-0.25, -0.2) is 4.39 Å². The molecule has 0 spiro atoms. The number of hydrogen-bond acceptors (Lipinski definition) is 4. The van der Waals surface area contributed by atoms with Gasteiger partial charge in [0.1, 0.15) is 0 Å². The van der Waals surface area contributed by atoms with Gasteiger partial charge in [-0.05, 0) is 45.6 Å². The van der Waals surface area contributed by atoms with Gasteiger partial charge in [0.2, 0.25) is 0 Å². The lowest BCUT2D eigenvalue weighted by Gasteiger charge is -2.36. The van der Waals surface area contributed by atoms with E-state index < -0.39 is 11.4 Å². The highest BCUT2D eigenvalue weighted by Gasteiger charge is 2.33. The standard InChI is InChI=1S/C15H22FNO3/c1-6-20-14(18)10-15(2,17(3)4)11-7-8-13(19-5)12(16)9-11/h7-9H,6,10H2,1-5H3. The molecule has 0 N–H and O–H groups in total. The Balaban J connectivity index is 3.12. The zero-order valence-electron chi connectivity index (χ0n) is 12.7. The van der Waals surface area contributed by atoms with Gasteiger partial charge in [-0.2, -0.15) is 0 Å². The summed E-state index contributed by atoms with van der Waals surface area (Å²) in [7, 11) is 5.12. The normalized spacial score (nSPS) is 13.9. The van der Waals surface area contributed by atoms with Gasteiger partial charge >= 0.3 is 5.97 Å². The van der Waals surface area contributed by atoms with Crippen LogP contribution in [0.5, 0.6) is 5.75 Å². The maximum absolute atomic E-state index is 13.9. The molecule has 0 fully saturated rings. The van der Waals surface area contributed by atoms with Crippen molar-refractivity contribution in [3.8, 4) is 5.75 Å². The minimum Gasteiger partial charge on any atom is -0.494 e. The van der Waals surface area contributed by atoms with Gasteiger partial charge in [0.05, 0.1) is 25.7 Å². The maximum atomic E-state index is 13.9. The van der Waals surface area contributed by atoms with Crippen molar-refractivity contribution in [2.24, 2.45) is 0 Å². The predicted molar refractivity (Wildman–Crippen MR) is 75.2 cm³/mol. The quantitative estimate of drug-likeness (QED) is 0.752. The summed E-state index contributed by atoms with van der Waals surface area (Å²) in [5.74, 6) is -0.562. The van der Waals surface area contributed by atoms with E-state index in [9.17, 15) is 9.18 Å². The predicted octanol–water partition coefficient (Wildman–Crippen LogP) is 2.56. The Labute approximate surface area is 119 Å². The van der Waals surface area contributed by atoms with Crippen LogP contribution in [0.4, 0.5) is 4.39 Å². The molecule has 0 heterocycles. The first-order valence-electron chi connectivity index (χ1n) is 6.52. The number of carbonyl (C=O) groups is 1. The molecule has 112 valence electrons. The fourth-order valence-corrected chi connectivity index (χ4v) is 2.01. The number of nitrogens with zero attached hydrogens (tertiary/aromatic N) is 1. The summed E-state index contributed by atoms with van der Waals surface area (Å²) in [6, 6.07) is 4.73. The van der Waals surface area contributed by atoms with Gasteiger partial charge in [-0.15, -0.1) is 0 Å². The second-order valence-electron chi connectivity index (χ2n) is 5.00. The Kier molecular flexibility index (Phi) is 5.51. The highest BCUT2D eigenvalue weighted by atomic mass is 19.1. The van der Waals surface area contributed by atoms with E-state index in [2.05, 4.69) is 0 Å². The van der Waals surface area contributed by atoms with Gasteiger partial charge in [0.25, 0.3) is 0 Å². The molecule has 0 aliphatic heterocycles. The van der Waals surface area contributed by atoms with Crippen LogP contribution in [0.3, 0.4) is 0 Å². The molecule has 4 nitrogen and oxygen atoms in total. The van der Waals surface area contributed by atoms with Crippen molar-refractivity contribution in [3.05, 3.63) is 29.6 Å². The number of carbonyl (C=O) groups excluding carboxylic acids is 1. The van der Waals surface area contributed by atoms with E-state index in [1.807, 2.05) is 25.9 Å². The van der Waals surface area contributed by atoms with Crippen LogP contribution in [0.25, 0.3) is 0 Å². The molecule has 20 heavy (non-hydrogen) atoms. The van der Waals surface area contributed by atoms with Crippen LogP contribution in [0.2, 0.25) is 0 Å². The van der Waals surface area contributed by atoms with Crippen molar-refractivity contribution in [2.45, 2.75) is 25.8 Å². The molecule has 1 unspecified atom stereocenters. The summed E-state index contributed by atoms with van der Waals surface area (Å²) in [6.07, 6.45) is 0.152. The molecule has 0 saturated heterocycles. The van der Waals surface area contributed by atoms with Crippen LogP contribution in [0.1, 0.15) is 25.8 Å². The van der Waals surface area contributed by atoms with Gasteiger partial charge < -0.3 is 9.47 Å². The Hall–Kier alpha value is -1.62. The summed E-state index contributed by atoms with van der Waals surface area (Å²) in [6.45, 7) is 3.97. The summed E-state index contributed by atoms with van der Waals surface area (Å²) in [5.41, 5.74) is 0.0631. The molecule has 0 amide bonds. The van der Waals surface area contributed by atoms with Crippen molar-refractivity contribution in [1.29, 1.82) is 0 Å². The molecule has 0 aromatic heterocycles. The smallest absolute Gasteiger partial charge is 0.307 e. The maximum Gasteiger partial charge on any atom is 0.307 e. The molecule has 5 heteroatoms. The number of benzene rings is 1. The molecule has 1 aromatic carbocycles. The molecule has 0 saturated carbocycles. The highest BCUT2D eigenvalue weighted by molar-refractivity contribution is 5.71. The van der Waals surface area contributed by atoms with E-state index in [-0.39, 0.29) is 18.1 Å². The SMILES string of the molecule is CCOC(=O)CC(C)(c1ccc(OC)c(F)c1)N(C)C. The zero-order chi connectivity index (χ0) is 15.3. The lowest BCUT2D eigenvalue weighted by Crippen LogP contribution is -2.41. The average Bonchev–Trinajstić information content (AvgIpc) is 2.38. The third kappa shape index (κ3) is 3.48. The van der Waals surface area contributed by atoms with E-state index in [0.29, 0.717) is 12.2 Å². The average molecular weight is 283 g/mol. The molecule has 0 aliphatic carbocycles. The number of rotatable bonds is 6. The first kappa shape index (κ1) is 16.4. The third-order valence-electron chi connectivity index (χ3n) is 3.55. The first-order chi connectivity index (χ1) is 9.35. The van der Waals surface area contributed by atoms with E-state index in [0.717, 1.165) is 0 Å². The molecular weight excluding hydrogens is 261 g/mol. The van der Waals surface area contributed by atoms with Gasteiger partial charge in [0, 0.05) is 0 Å². The number of methoxy groups -OCH3 is 1. The Morgan fingerprint density at radius 3 is 2.50 bits per heavy atom. The van der Waals surface area contributed by atoms with Crippen molar-refractivity contribution >= 4 is 5.97 Å². The first-order valence-corrected chi connectivity index (χ1v) is 6.52. The largest absolute Gasteiger partial charge is 0.494 e. The van der Waals surface area contributed by atoms with Crippen LogP contribution < -0.4 is 4.74 Å². The van der Waals surface area contributed by atoms with Crippen LogP contribution in [-0.2, 0) is 15.1 Å². The van der Waals surface area contributed by atoms with Crippen LogP contribution in [0, 0.1) is 5.82 Å². The number of esters is 1. The summed E-state index contributed by atoms with van der Waals surface area (Å²) in [4.78, 5) is 13.7. The Morgan fingerprint density at radius 2 is 2.05 bits per heavy atom. The van der Waals surface area contributed by atoms with Crippen molar-refractivity contribution in [1.82, 2.24) is 4.90 Å². The summed E-state index contributed by atoms with van der Waals surface area (Å²) in [5, 5.41) is 0. The van der Waals surface area contributed by atoms with Crippen LogP contribution >= 0.6 is 0 Å². The topological polar surface area (TPSA) is 38.8 Å². The molecular formula is C15H22FNO3. The Bertz CT molecular complexity index is 476. The van der Waals surface area contributed by atoms with Crippen molar-refractivity contribution in [3.63, 3.8) is 0 Å². The fraction of sp³-hybridized carbons (Fsp3) is 0.533. The Morgan fingerprint density at radius 1 is 1.40 bits per heavy atom. The number of halogens is 1. The van der Waals surface area contributed by atoms with Crippen molar-refractivity contribution in [2.75, 3.05) is 27.8 Å². The number of ether oxygens (including phenoxy) is 2. The van der Waals surface area contributed by atoms with Gasteiger partial charge in [-0.1, -0.05) is 6.07 Å². The minimum absolute atomic E-state index is 0.152. The molecule has 0 bridgehead atoms. The molecule has 0 aliphatic rings. The van der Waals surface area contributed by atoms with E-state index >= 15 is 0 Å². The third-order valence-corrected chi connectivity index (χ3v) is 3.55. The second-order valence-corrected chi connectivity index (χ2v) is 5.00. The molecule has 1 rings (SSSR count). The van der Waals surface area contributed by atoms with E-state index in [4.69, 9.17) is 9.47 Å². The van der Waals surface area contributed by atoms with E-state index in [1.54, 1.807) is 19.1 Å². The van der Waals surface area contributed by atoms with Crippen LogP contribution in [-0.4, -0.2) is 38.7 Å². The van der Waals surface area contributed by atoms with Gasteiger partial charge in [-0.3, -0.25) is 9.69 Å². The molecule has 1 atom stereocenters. The zero-order valence-corrected chi connectivity index (χ0v) is 12.7. The minimum atomic E-state index is -0.640. The molecule has 0 radical (unpaired) electrons. The van der Waals surface area contributed by atoms with Crippen molar-refractivity contribution < 1.29 is 18.7 Å². The van der Waals surface area contributed by atoms with E-state index in [1.165, 1.54) is 13.2 Å². The second kappa shape index (κ2) is 6.70. The fourth-order valence-electron chi connectivity index (χ4n) is 2.01. The highest BCUT2D eigenvalue weighted by Crippen LogP contribution is 2.32. The summed E-state index contributed by atoms with van der Waals surface area (Å²) >= 11 is 0. The number of hydrogen-bond donors (Lipinski definition) is 0. The summed E-state index contributed by atoms with van der Waals surface area (Å²) < 4.78 is 23.8. The molecule has 1 aromatic rings. The lowest BCUT2D eigenvalue weighted by atomic mass is 9.87. The van der Waals surface area contributed by atoms with Crippen LogP contribution in [0.15, 0.2) is 18.2 Å².